The van der Waals surface area contributed by atoms with Crippen molar-refractivity contribution in [1.29, 1.82) is 0 Å². The summed E-state index contributed by atoms with van der Waals surface area (Å²) in [6.07, 6.45) is 1.19. The Bertz CT molecular complexity index is 768. The second-order valence-corrected chi connectivity index (χ2v) is 7.99. The van der Waals surface area contributed by atoms with Gasteiger partial charge in [0.1, 0.15) is 10.7 Å². The van der Waals surface area contributed by atoms with Crippen LogP contribution in [0.25, 0.3) is 0 Å². The summed E-state index contributed by atoms with van der Waals surface area (Å²) in [6, 6.07) is 6.09. The van der Waals surface area contributed by atoms with E-state index in [1.807, 2.05) is 13.8 Å². The molecule has 140 valence electrons. The number of carbonyl (C=O) groups excluding carboxylic acids is 1. The molecule has 5 nitrogen and oxygen atoms in total. The molecule has 2 aromatic rings. The molecule has 1 aromatic carbocycles. The molecule has 26 heavy (non-hydrogen) atoms. The van der Waals surface area contributed by atoms with E-state index in [1.165, 1.54) is 23.5 Å². The van der Waals surface area contributed by atoms with E-state index in [9.17, 15) is 14.3 Å². The van der Waals surface area contributed by atoms with E-state index in [-0.39, 0.29) is 11.7 Å². The number of halogens is 1. The van der Waals surface area contributed by atoms with Gasteiger partial charge in [-0.25, -0.2) is 9.37 Å². The number of rotatable bonds is 5. The maximum absolute atomic E-state index is 13.1. The minimum absolute atomic E-state index is 0.0760. The summed E-state index contributed by atoms with van der Waals surface area (Å²) in [5, 5.41) is 14.7. The van der Waals surface area contributed by atoms with Gasteiger partial charge in [-0.1, -0.05) is 12.1 Å². The van der Waals surface area contributed by atoms with Crippen LogP contribution in [0.5, 0.6) is 0 Å². The molecule has 0 bridgehead atoms. The first-order valence-corrected chi connectivity index (χ1v) is 9.62. The summed E-state index contributed by atoms with van der Waals surface area (Å²) in [5.41, 5.74) is 0.639. The molecule has 0 atom stereocenters. The smallest absolute Gasteiger partial charge is 0.263 e. The molecule has 1 aromatic heterocycles. The van der Waals surface area contributed by atoms with Crippen LogP contribution in [0.4, 0.5) is 4.39 Å². The zero-order chi connectivity index (χ0) is 18.7. The summed E-state index contributed by atoms with van der Waals surface area (Å²) in [5.74, 6) is -0.371. The van der Waals surface area contributed by atoms with Gasteiger partial charge in [0.25, 0.3) is 5.91 Å². The Labute approximate surface area is 156 Å². The van der Waals surface area contributed by atoms with E-state index in [4.69, 9.17) is 0 Å². The van der Waals surface area contributed by atoms with Crippen molar-refractivity contribution in [3.63, 3.8) is 0 Å². The van der Waals surface area contributed by atoms with Gasteiger partial charge in [-0.15, -0.1) is 11.3 Å². The summed E-state index contributed by atoms with van der Waals surface area (Å²) in [4.78, 5) is 19.4. The van der Waals surface area contributed by atoms with Crippen molar-refractivity contribution in [1.82, 2.24) is 15.2 Å². The number of piperidine rings is 1. The molecule has 0 unspecified atom stereocenters. The van der Waals surface area contributed by atoms with E-state index in [0.717, 1.165) is 35.9 Å². The lowest BCUT2D eigenvalue weighted by molar-refractivity contribution is -0.0255. The number of aliphatic hydroxyl groups is 1. The lowest BCUT2D eigenvalue weighted by atomic mass is 9.84. The van der Waals surface area contributed by atoms with Crippen LogP contribution in [0.3, 0.4) is 0 Å². The predicted octanol–water partition coefficient (Wildman–Crippen LogP) is 2.61. The van der Waals surface area contributed by atoms with Crippen molar-refractivity contribution < 1.29 is 14.3 Å². The maximum atomic E-state index is 13.1. The molecule has 0 saturated carbocycles. The Balaban J connectivity index is 1.46. The number of likely N-dealkylation sites (tertiary alicyclic amines) is 1. The molecular formula is C19H24FN3O2S. The number of hydrogen-bond acceptors (Lipinski definition) is 5. The van der Waals surface area contributed by atoms with Gasteiger partial charge in [0.15, 0.2) is 0 Å². The highest BCUT2D eigenvalue weighted by molar-refractivity contribution is 7.13. The summed E-state index contributed by atoms with van der Waals surface area (Å²) < 4.78 is 13.1. The van der Waals surface area contributed by atoms with Gasteiger partial charge in [0.05, 0.1) is 16.3 Å². The highest BCUT2D eigenvalue weighted by Crippen LogP contribution is 2.32. The van der Waals surface area contributed by atoms with Crippen LogP contribution >= 0.6 is 11.3 Å². The number of hydrogen-bond donors (Lipinski definition) is 2. The van der Waals surface area contributed by atoms with Gasteiger partial charge in [0.2, 0.25) is 0 Å². The van der Waals surface area contributed by atoms with E-state index in [2.05, 4.69) is 15.2 Å². The van der Waals surface area contributed by atoms with Crippen LogP contribution in [-0.4, -0.2) is 47.1 Å². The number of nitrogens with zero attached hydrogens (tertiary/aromatic N) is 2. The molecule has 1 fully saturated rings. The maximum Gasteiger partial charge on any atom is 0.263 e. The third kappa shape index (κ3) is 4.28. The largest absolute Gasteiger partial charge is 0.385 e. The minimum atomic E-state index is -0.898. The number of amides is 1. The van der Waals surface area contributed by atoms with E-state index in [0.29, 0.717) is 24.3 Å². The average molecular weight is 377 g/mol. The van der Waals surface area contributed by atoms with Crippen LogP contribution in [0, 0.1) is 19.7 Å². The Morgan fingerprint density at radius 1 is 1.31 bits per heavy atom. The predicted molar refractivity (Wildman–Crippen MR) is 99.9 cm³/mol. The fourth-order valence-corrected chi connectivity index (χ4v) is 4.18. The first kappa shape index (κ1) is 18.9. The Morgan fingerprint density at radius 2 is 1.96 bits per heavy atom. The molecule has 1 aliphatic rings. The second kappa shape index (κ2) is 7.82. The molecule has 1 aliphatic heterocycles. The number of benzene rings is 1. The molecule has 2 heterocycles. The molecule has 1 amide bonds. The third-order valence-electron chi connectivity index (χ3n) is 4.89. The van der Waals surface area contributed by atoms with Crippen LogP contribution in [0.15, 0.2) is 24.3 Å². The van der Waals surface area contributed by atoms with Crippen molar-refractivity contribution in [3.05, 3.63) is 51.2 Å². The van der Waals surface area contributed by atoms with Gasteiger partial charge in [-0.05, 0) is 44.4 Å². The van der Waals surface area contributed by atoms with Gasteiger partial charge in [-0.3, -0.25) is 4.79 Å². The Morgan fingerprint density at radius 3 is 2.54 bits per heavy atom. The molecule has 7 heteroatoms. The summed E-state index contributed by atoms with van der Waals surface area (Å²) in [6.45, 7) is 6.51. The molecule has 0 spiro atoms. The van der Waals surface area contributed by atoms with Crippen molar-refractivity contribution in [2.75, 3.05) is 26.2 Å². The number of carbonyl (C=O) groups is 1. The van der Waals surface area contributed by atoms with Crippen molar-refractivity contribution in [2.24, 2.45) is 0 Å². The molecule has 3 rings (SSSR count). The Hall–Kier alpha value is -1.83. The van der Waals surface area contributed by atoms with Crippen LogP contribution in [-0.2, 0) is 5.60 Å². The SMILES string of the molecule is Cc1nc(C)c(C(=O)NCCN2CCC(O)(c3ccc(F)cc3)CC2)s1. The van der Waals surface area contributed by atoms with E-state index >= 15 is 0 Å². The number of aryl methyl sites for hydroxylation is 2. The fraction of sp³-hybridized carbons (Fsp3) is 0.474. The number of thiazole rings is 1. The number of aromatic nitrogens is 1. The molecular weight excluding hydrogens is 353 g/mol. The lowest BCUT2D eigenvalue weighted by Crippen LogP contribution is -2.45. The molecule has 1 saturated heterocycles. The molecule has 0 radical (unpaired) electrons. The molecule has 2 N–H and O–H groups in total. The van der Waals surface area contributed by atoms with Crippen molar-refractivity contribution in [3.8, 4) is 0 Å². The lowest BCUT2D eigenvalue weighted by Gasteiger charge is -2.38. The quantitative estimate of drug-likeness (QED) is 0.841. The van der Waals surface area contributed by atoms with E-state index in [1.54, 1.807) is 12.1 Å². The zero-order valence-corrected chi connectivity index (χ0v) is 15.9. The monoisotopic (exact) mass is 377 g/mol. The van der Waals surface area contributed by atoms with Crippen LogP contribution in [0.2, 0.25) is 0 Å². The van der Waals surface area contributed by atoms with Gasteiger partial charge in [0, 0.05) is 26.2 Å². The van der Waals surface area contributed by atoms with E-state index < -0.39 is 5.60 Å². The highest BCUT2D eigenvalue weighted by atomic mass is 32.1. The summed E-state index contributed by atoms with van der Waals surface area (Å²) >= 11 is 1.41. The normalized spacial score (nSPS) is 17.2. The van der Waals surface area contributed by atoms with Crippen LogP contribution in [0.1, 0.15) is 38.8 Å². The third-order valence-corrected chi connectivity index (χ3v) is 5.96. The Kier molecular flexibility index (Phi) is 5.70. The topological polar surface area (TPSA) is 65.5 Å². The van der Waals surface area contributed by atoms with Crippen molar-refractivity contribution in [2.45, 2.75) is 32.3 Å². The van der Waals surface area contributed by atoms with Gasteiger partial charge < -0.3 is 15.3 Å². The van der Waals surface area contributed by atoms with Crippen LogP contribution < -0.4 is 5.32 Å². The molecule has 0 aliphatic carbocycles. The minimum Gasteiger partial charge on any atom is -0.385 e. The standard InChI is InChI=1S/C19H24FN3O2S/c1-13-17(26-14(2)22-13)18(24)21-9-12-23-10-7-19(25,8-11-23)15-3-5-16(20)6-4-15/h3-6,25H,7-12H2,1-2H3,(H,21,24). The van der Waals surface area contributed by atoms with Gasteiger partial charge in [-0.2, -0.15) is 0 Å². The van der Waals surface area contributed by atoms with Crippen molar-refractivity contribution >= 4 is 17.2 Å². The highest BCUT2D eigenvalue weighted by Gasteiger charge is 2.33. The second-order valence-electron chi connectivity index (χ2n) is 6.78. The first-order chi connectivity index (χ1) is 12.4. The van der Waals surface area contributed by atoms with Gasteiger partial charge >= 0.3 is 0 Å². The number of nitrogens with one attached hydrogen (secondary N) is 1. The fourth-order valence-electron chi connectivity index (χ4n) is 3.35. The average Bonchev–Trinajstić information content (AvgIpc) is 2.95. The first-order valence-electron chi connectivity index (χ1n) is 8.80. The summed E-state index contributed by atoms with van der Waals surface area (Å²) in [7, 11) is 0. The zero-order valence-electron chi connectivity index (χ0n) is 15.1.